The number of benzene rings is 4. The van der Waals surface area contributed by atoms with E-state index in [1.807, 2.05) is 30.3 Å². The summed E-state index contributed by atoms with van der Waals surface area (Å²) >= 11 is 0. The number of nitrogens with one attached hydrogen (secondary N) is 1. The molecule has 0 radical (unpaired) electrons. The highest BCUT2D eigenvalue weighted by Crippen LogP contribution is 2.31. The molecule has 3 N–H and O–H groups in total. The van der Waals surface area contributed by atoms with Crippen LogP contribution >= 0.6 is 0 Å². The van der Waals surface area contributed by atoms with E-state index in [0.717, 1.165) is 30.6 Å². The fourth-order valence-corrected chi connectivity index (χ4v) is 6.13. The second-order valence-electron chi connectivity index (χ2n) is 9.08. The predicted molar refractivity (Wildman–Crippen MR) is 140 cm³/mol. The standard InChI is InChI=1S/C29H30N2O3S/c30-29(35(32,33)26-8-2-1-3-9-26)24-14-12-23(13-15-24)27-16-17-31-19-28(27)34-20-21-10-11-22-6-4-5-7-25(22)18-21/h1-15,18,27-29,31H,16-17,19-20,30H2. The molecule has 0 aliphatic carbocycles. The zero-order valence-corrected chi connectivity index (χ0v) is 20.3. The quantitative estimate of drug-likeness (QED) is 0.387. The van der Waals surface area contributed by atoms with Gasteiger partial charge in [0.2, 0.25) is 0 Å². The number of nitrogens with two attached hydrogens (primary N) is 1. The maximum Gasteiger partial charge on any atom is 0.198 e. The zero-order valence-electron chi connectivity index (χ0n) is 19.5. The van der Waals surface area contributed by atoms with Crippen molar-refractivity contribution in [3.8, 4) is 0 Å². The SMILES string of the molecule is NC(c1ccc(C2CCNCC2OCc2ccc3ccccc3c2)cc1)S(=O)(=O)c1ccccc1. The lowest BCUT2D eigenvalue weighted by molar-refractivity contribution is 0.0106. The van der Waals surface area contributed by atoms with Gasteiger partial charge in [0.1, 0.15) is 5.37 Å². The average molecular weight is 487 g/mol. The van der Waals surface area contributed by atoms with Crippen LogP contribution in [-0.2, 0) is 21.2 Å². The van der Waals surface area contributed by atoms with Crippen molar-refractivity contribution in [1.29, 1.82) is 0 Å². The van der Waals surface area contributed by atoms with Crippen LogP contribution in [0.4, 0.5) is 0 Å². The van der Waals surface area contributed by atoms with E-state index in [1.54, 1.807) is 30.3 Å². The number of ether oxygens (including phenoxy) is 1. The van der Waals surface area contributed by atoms with E-state index >= 15 is 0 Å². The Kier molecular flexibility index (Phi) is 6.97. The molecule has 3 unspecified atom stereocenters. The molecule has 5 nitrogen and oxygen atoms in total. The van der Waals surface area contributed by atoms with Crippen molar-refractivity contribution in [1.82, 2.24) is 5.32 Å². The Morgan fingerprint density at radius 2 is 1.60 bits per heavy atom. The second kappa shape index (κ2) is 10.3. The molecule has 5 rings (SSSR count). The van der Waals surface area contributed by atoms with Crippen LogP contribution in [0.5, 0.6) is 0 Å². The highest BCUT2D eigenvalue weighted by atomic mass is 32.2. The molecule has 0 bridgehead atoms. The minimum Gasteiger partial charge on any atom is -0.372 e. The Labute approximate surface area is 206 Å². The molecule has 180 valence electrons. The molecule has 6 heteroatoms. The third-order valence-corrected chi connectivity index (χ3v) is 8.67. The minimum atomic E-state index is -3.65. The zero-order chi connectivity index (χ0) is 24.3. The first kappa shape index (κ1) is 23.7. The largest absolute Gasteiger partial charge is 0.372 e. The number of piperidine rings is 1. The Morgan fingerprint density at radius 1 is 0.886 bits per heavy atom. The molecule has 1 aliphatic heterocycles. The molecule has 1 saturated heterocycles. The van der Waals surface area contributed by atoms with Crippen molar-refractivity contribution in [3.05, 3.63) is 114 Å². The third kappa shape index (κ3) is 5.16. The monoisotopic (exact) mass is 486 g/mol. The van der Waals surface area contributed by atoms with Crippen molar-refractivity contribution in [2.75, 3.05) is 13.1 Å². The van der Waals surface area contributed by atoms with Gasteiger partial charge in [0.25, 0.3) is 0 Å². The van der Waals surface area contributed by atoms with Gasteiger partial charge in [-0.25, -0.2) is 8.42 Å². The molecule has 4 aromatic rings. The van der Waals surface area contributed by atoms with Crippen LogP contribution in [0.15, 0.2) is 102 Å². The Hall–Kier alpha value is -3.03. The number of hydrogen-bond donors (Lipinski definition) is 2. The van der Waals surface area contributed by atoms with Crippen LogP contribution in [0, 0.1) is 0 Å². The van der Waals surface area contributed by atoms with Gasteiger partial charge in [0.05, 0.1) is 17.6 Å². The topological polar surface area (TPSA) is 81.4 Å². The molecule has 3 atom stereocenters. The summed E-state index contributed by atoms with van der Waals surface area (Å²) in [5.74, 6) is 0.229. The highest BCUT2D eigenvalue weighted by molar-refractivity contribution is 7.91. The minimum absolute atomic E-state index is 0.0304. The molecular weight excluding hydrogens is 456 g/mol. The van der Waals surface area contributed by atoms with Gasteiger partial charge < -0.3 is 15.8 Å². The van der Waals surface area contributed by atoms with Crippen LogP contribution in [-0.4, -0.2) is 27.6 Å². The molecule has 1 aliphatic rings. The van der Waals surface area contributed by atoms with Crippen LogP contribution in [0.2, 0.25) is 0 Å². The van der Waals surface area contributed by atoms with Gasteiger partial charge in [-0.15, -0.1) is 0 Å². The van der Waals surface area contributed by atoms with Crippen LogP contribution in [0.3, 0.4) is 0 Å². The van der Waals surface area contributed by atoms with Gasteiger partial charge in [0.15, 0.2) is 9.84 Å². The van der Waals surface area contributed by atoms with Gasteiger partial charge in [-0.05, 0) is 58.6 Å². The van der Waals surface area contributed by atoms with Gasteiger partial charge in [-0.1, -0.05) is 78.9 Å². The summed E-state index contributed by atoms with van der Waals surface area (Å²) in [6, 6.07) is 30.8. The summed E-state index contributed by atoms with van der Waals surface area (Å²) in [6.45, 7) is 2.25. The van der Waals surface area contributed by atoms with Crippen LogP contribution in [0.25, 0.3) is 10.8 Å². The van der Waals surface area contributed by atoms with Crippen molar-refractivity contribution in [3.63, 3.8) is 0 Å². The fourth-order valence-electron chi connectivity index (χ4n) is 4.79. The molecule has 0 amide bonds. The molecule has 4 aromatic carbocycles. The third-order valence-electron chi connectivity index (χ3n) is 6.80. The van der Waals surface area contributed by atoms with E-state index in [4.69, 9.17) is 10.5 Å². The van der Waals surface area contributed by atoms with E-state index in [9.17, 15) is 8.42 Å². The van der Waals surface area contributed by atoms with Crippen molar-refractivity contribution in [2.24, 2.45) is 5.73 Å². The molecule has 0 spiro atoms. The molecule has 35 heavy (non-hydrogen) atoms. The Morgan fingerprint density at radius 3 is 2.37 bits per heavy atom. The summed E-state index contributed by atoms with van der Waals surface area (Å²) in [5, 5.41) is 4.77. The number of fused-ring (bicyclic) bond motifs is 1. The number of hydrogen-bond acceptors (Lipinski definition) is 5. The van der Waals surface area contributed by atoms with Crippen molar-refractivity contribution < 1.29 is 13.2 Å². The molecule has 0 saturated carbocycles. The summed E-state index contributed by atoms with van der Waals surface area (Å²) in [4.78, 5) is 0.233. The normalized spacial score (nSPS) is 19.5. The fraction of sp³-hybridized carbons (Fsp3) is 0.241. The van der Waals surface area contributed by atoms with Gasteiger partial charge in [-0.3, -0.25) is 0 Å². The smallest absolute Gasteiger partial charge is 0.198 e. The summed E-state index contributed by atoms with van der Waals surface area (Å²) < 4.78 is 32.2. The van der Waals surface area contributed by atoms with E-state index < -0.39 is 15.2 Å². The molecule has 0 aromatic heterocycles. The van der Waals surface area contributed by atoms with Gasteiger partial charge in [0, 0.05) is 12.5 Å². The van der Waals surface area contributed by atoms with Gasteiger partial charge in [-0.2, -0.15) is 0 Å². The lowest BCUT2D eigenvalue weighted by Crippen LogP contribution is -2.41. The van der Waals surface area contributed by atoms with E-state index in [2.05, 4.69) is 41.7 Å². The number of rotatable bonds is 7. The van der Waals surface area contributed by atoms with Gasteiger partial charge >= 0.3 is 0 Å². The lowest BCUT2D eigenvalue weighted by Gasteiger charge is -2.32. The van der Waals surface area contributed by atoms with Crippen molar-refractivity contribution >= 4 is 20.6 Å². The second-order valence-corrected chi connectivity index (χ2v) is 11.1. The first-order chi connectivity index (χ1) is 17.0. The van der Waals surface area contributed by atoms with Crippen LogP contribution < -0.4 is 11.1 Å². The Bertz CT molecular complexity index is 1390. The predicted octanol–water partition coefficient (Wildman–Crippen LogP) is 4.93. The summed E-state index contributed by atoms with van der Waals surface area (Å²) in [7, 11) is -3.65. The summed E-state index contributed by atoms with van der Waals surface area (Å²) in [5.41, 5.74) is 9.07. The first-order valence-corrected chi connectivity index (χ1v) is 13.5. The molecular formula is C29H30N2O3S. The highest BCUT2D eigenvalue weighted by Gasteiger charge is 2.29. The summed E-state index contributed by atoms with van der Waals surface area (Å²) in [6.07, 6.45) is 0.985. The lowest BCUT2D eigenvalue weighted by atomic mass is 9.87. The molecule has 1 heterocycles. The first-order valence-electron chi connectivity index (χ1n) is 12.0. The number of sulfone groups is 1. The maximum atomic E-state index is 12.9. The molecule has 1 fully saturated rings. The van der Waals surface area contributed by atoms with E-state index in [1.165, 1.54) is 10.8 Å². The Balaban J connectivity index is 1.29. The maximum absolute atomic E-state index is 12.9. The van der Waals surface area contributed by atoms with Crippen LogP contribution in [0.1, 0.15) is 34.4 Å². The van der Waals surface area contributed by atoms with E-state index in [-0.39, 0.29) is 16.9 Å². The van der Waals surface area contributed by atoms with E-state index in [0.29, 0.717) is 12.2 Å². The van der Waals surface area contributed by atoms with Crippen molar-refractivity contribution in [2.45, 2.75) is 35.3 Å². The average Bonchev–Trinajstić information content (AvgIpc) is 2.92.